The van der Waals surface area contributed by atoms with Gasteiger partial charge in [0.1, 0.15) is 0 Å². The van der Waals surface area contributed by atoms with Crippen molar-refractivity contribution in [3.63, 3.8) is 0 Å². The van der Waals surface area contributed by atoms with E-state index < -0.39 is 0 Å². The van der Waals surface area contributed by atoms with E-state index in [0.29, 0.717) is 18.1 Å². The number of carbonyl (C=O) groups excluding carboxylic acids is 1. The van der Waals surface area contributed by atoms with Gasteiger partial charge in [0.25, 0.3) is 0 Å². The summed E-state index contributed by atoms with van der Waals surface area (Å²) in [7, 11) is 1.77. The molecule has 1 aromatic rings. The minimum atomic E-state index is -0.0930. The molecule has 2 atom stereocenters. The van der Waals surface area contributed by atoms with E-state index in [1.807, 2.05) is 13.8 Å². The lowest BCUT2D eigenvalue weighted by Gasteiger charge is -2.16. The minimum Gasteiger partial charge on any atom is -0.394 e. The van der Waals surface area contributed by atoms with Crippen molar-refractivity contribution in [3.8, 4) is 0 Å². The molecule has 0 spiro atoms. The number of nitrogens with one attached hydrogen (secondary N) is 1. The Morgan fingerprint density at radius 3 is 2.94 bits per heavy atom. The van der Waals surface area contributed by atoms with Crippen LogP contribution in [0.3, 0.4) is 0 Å². The van der Waals surface area contributed by atoms with Crippen molar-refractivity contribution in [3.05, 3.63) is 5.69 Å². The number of aromatic nitrogens is 2. The van der Waals surface area contributed by atoms with E-state index >= 15 is 0 Å². The standard InChI is InChI=1S/C12H20N4O2/c1-4-9-8(5-6-18-9)12(17)14-11-10(13)7(2)15-16(11)3/h8-9H,4-6,13H2,1-3H3,(H,14,17). The number of amides is 1. The van der Waals surface area contributed by atoms with E-state index in [4.69, 9.17) is 10.5 Å². The summed E-state index contributed by atoms with van der Waals surface area (Å²) in [6, 6.07) is 0. The number of ether oxygens (including phenoxy) is 1. The van der Waals surface area contributed by atoms with Crippen LogP contribution in [0.4, 0.5) is 11.5 Å². The minimum absolute atomic E-state index is 0.0144. The summed E-state index contributed by atoms with van der Waals surface area (Å²) in [6.45, 7) is 4.49. The summed E-state index contributed by atoms with van der Waals surface area (Å²) in [5, 5.41) is 7.04. The molecule has 0 radical (unpaired) electrons. The first-order valence-electron chi connectivity index (χ1n) is 6.26. The van der Waals surface area contributed by atoms with Gasteiger partial charge < -0.3 is 15.8 Å². The number of nitrogens with two attached hydrogens (primary N) is 1. The van der Waals surface area contributed by atoms with Crippen LogP contribution >= 0.6 is 0 Å². The van der Waals surface area contributed by atoms with Crippen LogP contribution in [0.25, 0.3) is 0 Å². The predicted octanol–water partition coefficient (Wildman–Crippen LogP) is 1.06. The Labute approximate surface area is 106 Å². The molecule has 1 saturated heterocycles. The van der Waals surface area contributed by atoms with E-state index in [-0.39, 0.29) is 17.9 Å². The highest BCUT2D eigenvalue weighted by Crippen LogP contribution is 2.27. The highest BCUT2D eigenvalue weighted by molar-refractivity contribution is 5.95. The van der Waals surface area contributed by atoms with Gasteiger partial charge in [0.05, 0.1) is 23.4 Å². The molecule has 100 valence electrons. The third-order valence-electron chi connectivity index (χ3n) is 3.46. The second kappa shape index (κ2) is 4.97. The first-order chi connectivity index (χ1) is 8.54. The van der Waals surface area contributed by atoms with Crippen LogP contribution in [0.2, 0.25) is 0 Å². The zero-order valence-electron chi connectivity index (χ0n) is 11.1. The molecule has 2 heterocycles. The molecule has 3 N–H and O–H groups in total. The maximum atomic E-state index is 12.2. The summed E-state index contributed by atoms with van der Waals surface area (Å²) >= 11 is 0. The van der Waals surface area contributed by atoms with Crippen molar-refractivity contribution in [1.29, 1.82) is 0 Å². The molecule has 0 bridgehead atoms. The summed E-state index contributed by atoms with van der Waals surface area (Å²) in [4.78, 5) is 12.2. The molecule has 1 aliphatic heterocycles. The van der Waals surface area contributed by atoms with Gasteiger partial charge in [-0.1, -0.05) is 6.92 Å². The molecular weight excluding hydrogens is 232 g/mol. The number of nitrogens with zero attached hydrogens (tertiary/aromatic N) is 2. The zero-order valence-corrected chi connectivity index (χ0v) is 11.1. The van der Waals surface area contributed by atoms with Crippen LogP contribution in [-0.4, -0.2) is 28.4 Å². The quantitative estimate of drug-likeness (QED) is 0.842. The smallest absolute Gasteiger partial charge is 0.231 e. The molecule has 18 heavy (non-hydrogen) atoms. The van der Waals surface area contributed by atoms with Crippen molar-refractivity contribution < 1.29 is 9.53 Å². The number of rotatable bonds is 3. The van der Waals surface area contributed by atoms with E-state index in [1.165, 1.54) is 0 Å². The van der Waals surface area contributed by atoms with Crippen molar-refractivity contribution in [2.75, 3.05) is 17.7 Å². The summed E-state index contributed by atoms with van der Waals surface area (Å²) in [6.07, 6.45) is 1.62. The Hall–Kier alpha value is -1.56. The highest BCUT2D eigenvalue weighted by Gasteiger charge is 2.33. The fraction of sp³-hybridized carbons (Fsp3) is 0.667. The summed E-state index contributed by atoms with van der Waals surface area (Å²) in [5.74, 6) is 0.443. The Bertz CT molecular complexity index is 455. The van der Waals surface area contributed by atoms with E-state index in [0.717, 1.165) is 18.5 Å². The Morgan fingerprint density at radius 2 is 2.39 bits per heavy atom. The van der Waals surface area contributed by atoms with Crippen LogP contribution < -0.4 is 11.1 Å². The number of hydrogen-bond acceptors (Lipinski definition) is 4. The van der Waals surface area contributed by atoms with Crippen LogP contribution in [0, 0.1) is 12.8 Å². The lowest BCUT2D eigenvalue weighted by Crippen LogP contribution is -2.30. The molecule has 6 heteroatoms. The molecule has 2 rings (SSSR count). The van der Waals surface area contributed by atoms with Crippen molar-refractivity contribution in [2.24, 2.45) is 13.0 Å². The predicted molar refractivity (Wildman–Crippen MR) is 69.1 cm³/mol. The second-order valence-corrected chi connectivity index (χ2v) is 4.67. The molecule has 0 aliphatic carbocycles. The van der Waals surface area contributed by atoms with Gasteiger partial charge in [0, 0.05) is 13.7 Å². The van der Waals surface area contributed by atoms with Gasteiger partial charge >= 0.3 is 0 Å². The normalized spacial score (nSPS) is 23.3. The van der Waals surface area contributed by atoms with Crippen LogP contribution in [0.1, 0.15) is 25.5 Å². The summed E-state index contributed by atoms with van der Waals surface area (Å²) in [5.41, 5.74) is 7.14. The fourth-order valence-corrected chi connectivity index (χ4v) is 2.38. The number of carbonyl (C=O) groups is 1. The highest BCUT2D eigenvalue weighted by atomic mass is 16.5. The van der Waals surface area contributed by atoms with Gasteiger partial charge in [-0.3, -0.25) is 9.48 Å². The van der Waals surface area contributed by atoms with Gasteiger partial charge in [-0.25, -0.2) is 0 Å². The molecule has 6 nitrogen and oxygen atoms in total. The maximum absolute atomic E-state index is 12.2. The number of anilines is 2. The molecule has 1 aliphatic rings. The number of nitrogen functional groups attached to an aromatic ring is 1. The van der Waals surface area contributed by atoms with E-state index in [9.17, 15) is 4.79 Å². The van der Waals surface area contributed by atoms with Crippen LogP contribution in [0.5, 0.6) is 0 Å². The molecule has 0 saturated carbocycles. The summed E-state index contributed by atoms with van der Waals surface area (Å²) < 4.78 is 7.12. The fourth-order valence-electron chi connectivity index (χ4n) is 2.38. The van der Waals surface area contributed by atoms with Crippen LogP contribution in [-0.2, 0) is 16.6 Å². The number of hydrogen-bond donors (Lipinski definition) is 2. The zero-order chi connectivity index (χ0) is 13.3. The van der Waals surface area contributed by atoms with Gasteiger partial charge in [-0.2, -0.15) is 5.10 Å². The van der Waals surface area contributed by atoms with Crippen LogP contribution in [0.15, 0.2) is 0 Å². The SMILES string of the molecule is CCC1OCCC1C(=O)Nc1c(N)c(C)nn1C. The number of aryl methyl sites for hydroxylation is 2. The van der Waals surface area contributed by atoms with Crippen molar-refractivity contribution in [1.82, 2.24) is 9.78 Å². The van der Waals surface area contributed by atoms with Gasteiger partial charge in [-0.05, 0) is 19.8 Å². The van der Waals surface area contributed by atoms with Gasteiger partial charge in [-0.15, -0.1) is 0 Å². The molecule has 1 aromatic heterocycles. The van der Waals surface area contributed by atoms with Crippen molar-refractivity contribution >= 4 is 17.4 Å². The second-order valence-electron chi connectivity index (χ2n) is 4.67. The van der Waals surface area contributed by atoms with E-state index in [1.54, 1.807) is 11.7 Å². The lowest BCUT2D eigenvalue weighted by molar-refractivity contribution is -0.121. The monoisotopic (exact) mass is 252 g/mol. The third kappa shape index (κ3) is 2.20. The van der Waals surface area contributed by atoms with E-state index in [2.05, 4.69) is 10.4 Å². The average Bonchev–Trinajstić information content (AvgIpc) is 2.90. The molecular formula is C12H20N4O2. The molecule has 1 amide bonds. The Morgan fingerprint density at radius 1 is 1.67 bits per heavy atom. The lowest BCUT2D eigenvalue weighted by atomic mass is 9.99. The molecule has 0 aromatic carbocycles. The Kier molecular flexibility index (Phi) is 3.56. The average molecular weight is 252 g/mol. The van der Waals surface area contributed by atoms with Gasteiger partial charge in [0.2, 0.25) is 5.91 Å². The first-order valence-corrected chi connectivity index (χ1v) is 6.26. The van der Waals surface area contributed by atoms with Gasteiger partial charge in [0.15, 0.2) is 5.82 Å². The topological polar surface area (TPSA) is 82.2 Å². The largest absolute Gasteiger partial charge is 0.394 e. The molecule has 2 unspecified atom stereocenters. The first kappa shape index (κ1) is 12.9. The Balaban J connectivity index is 2.11. The van der Waals surface area contributed by atoms with Crippen molar-refractivity contribution in [2.45, 2.75) is 32.8 Å². The maximum Gasteiger partial charge on any atom is 0.231 e. The third-order valence-corrected chi connectivity index (χ3v) is 3.46. The molecule has 1 fully saturated rings.